The molecule has 2 heterocycles. The molecule has 26 heavy (non-hydrogen) atoms. The van der Waals surface area contributed by atoms with Crippen molar-refractivity contribution in [1.29, 1.82) is 0 Å². The van der Waals surface area contributed by atoms with Crippen LogP contribution >= 0.6 is 11.6 Å². The predicted octanol–water partition coefficient (Wildman–Crippen LogP) is 2.39. The Hall–Kier alpha value is -1.99. The van der Waals surface area contributed by atoms with Crippen LogP contribution in [0.15, 0.2) is 18.2 Å². The average molecular weight is 383 g/mol. The topological polar surface area (TPSA) is 66.9 Å². The number of carbonyl (C=O) groups is 3. The molecule has 1 aromatic rings. The van der Waals surface area contributed by atoms with E-state index in [-0.39, 0.29) is 40.8 Å². The molecule has 140 valence electrons. The van der Waals surface area contributed by atoms with E-state index < -0.39 is 11.9 Å². The van der Waals surface area contributed by atoms with Gasteiger partial charge in [-0.15, -0.1) is 0 Å². The monoisotopic (exact) mass is 382 g/mol. The quantitative estimate of drug-likeness (QED) is 0.591. The second kappa shape index (κ2) is 7.72. The van der Waals surface area contributed by atoms with Gasteiger partial charge in [-0.2, -0.15) is 0 Å². The van der Waals surface area contributed by atoms with Gasteiger partial charge in [0, 0.05) is 6.54 Å². The van der Waals surface area contributed by atoms with Crippen molar-refractivity contribution in [2.24, 2.45) is 5.92 Å². The summed E-state index contributed by atoms with van der Waals surface area (Å²) in [5, 5.41) is -0.146. The number of hydrogen-bond acceptors (Lipinski definition) is 5. The largest absolute Gasteiger partial charge is 0.466 e. The summed E-state index contributed by atoms with van der Waals surface area (Å²) in [6.07, 6.45) is 1.49. The van der Waals surface area contributed by atoms with Crippen molar-refractivity contribution in [3.05, 3.63) is 29.0 Å². The summed E-state index contributed by atoms with van der Waals surface area (Å²) >= 11 is 5.77. The van der Waals surface area contributed by atoms with Crippen LogP contribution in [0.3, 0.4) is 0 Å². The minimum absolute atomic E-state index is 0.0311. The molecule has 0 aromatic heterocycles. The van der Waals surface area contributed by atoms with Crippen LogP contribution in [0.25, 0.3) is 0 Å². The highest BCUT2D eigenvalue weighted by atomic mass is 35.5. The SMILES string of the molecule is CCOC(=O)[C@H]1CCCN([C@H]2CC(=O)N(c3ccc(F)c(Cl)c3)C2=O)C1. The molecule has 0 unspecified atom stereocenters. The van der Waals surface area contributed by atoms with Gasteiger partial charge in [-0.1, -0.05) is 11.6 Å². The van der Waals surface area contributed by atoms with Crippen LogP contribution in [0.5, 0.6) is 0 Å². The summed E-state index contributed by atoms with van der Waals surface area (Å²) in [5.74, 6) is -1.90. The minimum atomic E-state index is -0.622. The number of benzene rings is 1. The van der Waals surface area contributed by atoms with Crippen molar-refractivity contribution in [3.8, 4) is 0 Å². The molecule has 3 rings (SSSR count). The Balaban J connectivity index is 1.75. The Morgan fingerprint density at radius 1 is 1.38 bits per heavy atom. The maximum Gasteiger partial charge on any atom is 0.310 e. The number of likely N-dealkylation sites (tertiary alicyclic amines) is 1. The van der Waals surface area contributed by atoms with Crippen LogP contribution in [-0.4, -0.2) is 48.4 Å². The normalized spacial score (nSPS) is 24.2. The molecular formula is C18H20ClFN2O4. The Bertz CT molecular complexity index is 742. The molecule has 0 bridgehead atoms. The van der Waals surface area contributed by atoms with Gasteiger partial charge >= 0.3 is 5.97 Å². The number of carbonyl (C=O) groups excluding carboxylic acids is 3. The highest BCUT2D eigenvalue weighted by Gasteiger charge is 2.44. The van der Waals surface area contributed by atoms with Crippen molar-refractivity contribution in [2.45, 2.75) is 32.2 Å². The summed E-state index contributed by atoms with van der Waals surface area (Å²) in [4.78, 5) is 40.1. The van der Waals surface area contributed by atoms with Gasteiger partial charge in [-0.3, -0.25) is 19.3 Å². The number of imide groups is 1. The molecule has 2 atom stereocenters. The second-order valence-corrected chi connectivity index (χ2v) is 6.88. The molecule has 2 fully saturated rings. The molecular weight excluding hydrogens is 363 g/mol. The van der Waals surface area contributed by atoms with Gasteiger partial charge in [-0.25, -0.2) is 9.29 Å². The molecule has 6 nitrogen and oxygen atoms in total. The number of hydrogen-bond donors (Lipinski definition) is 0. The van der Waals surface area contributed by atoms with Gasteiger partial charge in [-0.05, 0) is 44.5 Å². The zero-order valence-electron chi connectivity index (χ0n) is 14.4. The first kappa shape index (κ1) is 18.8. The maximum atomic E-state index is 13.4. The zero-order valence-corrected chi connectivity index (χ0v) is 15.2. The minimum Gasteiger partial charge on any atom is -0.466 e. The number of rotatable bonds is 4. The highest BCUT2D eigenvalue weighted by molar-refractivity contribution is 6.31. The average Bonchev–Trinajstić information content (AvgIpc) is 2.92. The molecule has 0 N–H and O–H groups in total. The van der Waals surface area contributed by atoms with Gasteiger partial charge in [0.2, 0.25) is 5.91 Å². The summed E-state index contributed by atoms with van der Waals surface area (Å²) in [6.45, 7) is 3.09. The van der Waals surface area contributed by atoms with Gasteiger partial charge in [0.05, 0.1) is 35.7 Å². The first-order valence-electron chi connectivity index (χ1n) is 8.65. The Morgan fingerprint density at radius 2 is 2.15 bits per heavy atom. The second-order valence-electron chi connectivity index (χ2n) is 6.47. The van der Waals surface area contributed by atoms with E-state index in [1.54, 1.807) is 6.92 Å². The fourth-order valence-electron chi connectivity index (χ4n) is 3.54. The molecule has 0 saturated carbocycles. The van der Waals surface area contributed by atoms with Crippen LogP contribution in [-0.2, 0) is 19.1 Å². The molecule has 2 saturated heterocycles. The van der Waals surface area contributed by atoms with E-state index in [0.717, 1.165) is 17.4 Å². The van der Waals surface area contributed by atoms with E-state index >= 15 is 0 Å². The number of nitrogens with zero attached hydrogens (tertiary/aromatic N) is 2. The molecule has 2 amide bonds. The van der Waals surface area contributed by atoms with E-state index in [0.29, 0.717) is 26.1 Å². The first-order valence-corrected chi connectivity index (χ1v) is 9.02. The van der Waals surface area contributed by atoms with Crippen molar-refractivity contribution >= 4 is 35.1 Å². The lowest BCUT2D eigenvalue weighted by molar-refractivity contribution is -0.150. The lowest BCUT2D eigenvalue weighted by Gasteiger charge is -2.34. The van der Waals surface area contributed by atoms with Gasteiger partial charge in [0.25, 0.3) is 5.91 Å². The van der Waals surface area contributed by atoms with E-state index in [1.165, 1.54) is 12.1 Å². The number of halogens is 2. The van der Waals surface area contributed by atoms with Crippen LogP contribution in [0.2, 0.25) is 5.02 Å². The molecule has 0 aliphatic carbocycles. The highest BCUT2D eigenvalue weighted by Crippen LogP contribution is 2.31. The lowest BCUT2D eigenvalue weighted by Crippen LogP contribution is -2.48. The number of piperidine rings is 1. The van der Waals surface area contributed by atoms with E-state index in [4.69, 9.17) is 16.3 Å². The van der Waals surface area contributed by atoms with Gasteiger partial charge in [0.15, 0.2) is 0 Å². The van der Waals surface area contributed by atoms with E-state index in [9.17, 15) is 18.8 Å². The van der Waals surface area contributed by atoms with E-state index in [1.807, 2.05) is 4.90 Å². The summed E-state index contributed by atoms with van der Waals surface area (Å²) in [5.41, 5.74) is 0.257. The van der Waals surface area contributed by atoms with Crippen LogP contribution in [0, 0.1) is 11.7 Å². The Labute approximate surface area is 155 Å². The molecule has 1 aromatic carbocycles. The Morgan fingerprint density at radius 3 is 2.85 bits per heavy atom. The van der Waals surface area contributed by atoms with Gasteiger partial charge in [0.1, 0.15) is 5.82 Å². The molecule has 0 spiro atoms. The summed E-state index contributed by atoms with van der Waals surface area (Å²) < 4.78 is 18.4. The van der Waals surface area contributed by atoms with Crippen molar-refractivity contribution in [2.75, 3.05) is 24.6 Å². The molecule has 2 aliphatic heterocycles. The Kier molecular flexibility index (Phi) is 5.58. The number of esters is 1. The molecule has 2 aliphatic rings. The van der Waals surface area contributed by atoms with Crippen LogP contribution in [0.1, 0.15) is 26.2 Å². The number of ether oxygens (including phenoxy) is 1. The van der Waals surface area contributed by atoms with Gasteiger partial charge < -0.3 is 4.74 Å². The smallest absolute Gasteiger partial charge is 0.310 e. The number of anilines is 1. The molecule has 8 heteroatoms. The van der Waals surface area contributed by atoms with Crippen molar-refractivity contribution in [3.63, 3.8) is 0 Å². The fourth-order valence-corrected chi connectivity index (χ4v) is 3.71. The van der Waals surface area contributed by atoms with Crippen molar-refractivity contribution in [1.82, 2.24) is 4.90 Å². The van der Waals surface area contributed by atoms with Crippen LogP contribution in [0.4, 0.5) is 10.1 Å². The predicted molar refractivity (Wildman–Crippen MR) is 93.2 cm³/mol. The van der Waals surface area contributed by atoms with E-state index in [2.05, 4.69) is 0 Å². The third-order valence-electron chi connectivity index (χ3n) is 4.80. The third kappa shape index (κ3) is 3.59. The first-order chi connectivity index (χ1) is 12.4. The number of amides is 2. The standard InChI is InChI=1S/C18H20ClFN2O4/c1-2-26-18(25)11-4-3-7-21(10-11)15-9-16(23)22(17(15)24)12-5-6-14(20)13(19)8-12/h5-6,8,11,15H,2-4,7,9-10H2,1H3/t11-,15-/m0/s1. The summed E-state index contributed by atoms with van der Waals surface area (Å²) in [6, 6.07) is 3.14. The maximum absolute atomic E-state index is 13.4. The lowest BCUT2D eigenvalue weighted by atomic mass is 9.96. The zero-order chi connectivity index (χ0) is 18.8. The van der Waals surface area contributed by atoms with Crippen molar-refractivity contribution < 1.29 is 23.5 Å². The molecule has 0 radical (unpaired) electrons. The fraction of sp³-hybridized carbons (Fsp3) is 0.500. The summed E-state index contributed by atoms with van der Waals surface area (Å²) in [7, 11) is 0. The third-order valence-corrected chi connectivity index (χ3v) is 5.09. The van der Waals surface area contributed by atoms with Crippen LogP contribution < -0.4 is 4.90 Å².